The Hall–Kier alpha value is -0.990. The summed E-state index contributed by atoms with van der Waals surface area (Å²) in [6.07, 6.45) is 2.74. The molecule has 1 heterocycles. The van der Waals surface area contributed by atoms with Gasteiger partial charge < -0.3 is 10.5 Å². The highest BCUT2D eigenvalue weighted by molar-refractivity contribution is 5.94. The summed E-state index contributed by atoms with van der Waals surface area (Å²) in [5.41, 5.74) is 6.62. The van der Waals surface area contributed by atoms with E-state index in [1.54, 1.807) is 6.20 Å². The van der Waals surface area contributed by atoms with Crippen LogP contribution in [0.3, 0.4) is 0 Å². The minimum Gasteiger partial charge on any atom is -0.477 e. The van der Waals surface area contributed by atoms with Crippen LogP contribution in [0.4, 0.5) is 0 Å². The maximum atomic E-state index is 5.66. The average Bonchev–Trinajstić information content (AvgIpc) is 2.18. The average molecular weight is 210 g/mol. The molecule has 2 N–H and O–H groups in total. The molecule has 0 saturated heterocycles. The van der Waals surface area contributed by atoms with Crippen molar-refractivity contribution in [2.24, 2.45) is 22.1 Å². The molecule has 15 heavy (non-hydrogen) atoms. The molecule has 0 fully saturated rings. The number of nitrogens with two attached hydrogens (primary N) is 1. The zero-order valence-electron chi connectivity index (χ0n) is 10.2. The van der Waals surface area contributed by atoms with Crippen LogP contribution in [0.2, 0.25) is 0 Å². The van der Waals surface area contributed by atoms with Crippen LogP contribution in [0.5, 0.6) is 0 Å². The van der Waals surface area contributed by atoms with E-state index >= 15 is 0 Å². The van der Waals surface area contributed by atoms with Gasteiger partial charge in [0.15, 0.2) is 0 Å². The first-order chi connectivity index (χ1) is 6.99. The van der Waals surface area contributed by atoms with E-state index in [9.17, 15) is 0 Å². The van der Waals surface area contributed by atoms with Crippen LogP contribution in [-0.4, -0.2) is 19.0 Å². The fourth-order valence-electron chi connectivity index (χ4n) is 1.56. The topological polar surface area (TPSA) is 47.6 Å². The van der Waals surface area contributed by atoms with Crippen LogP contribution < -0.4 is 5.73 Å². The predicted octanol–water partition coefficient (Wildman–Crippen LogP) is 2.33. The van der Waals surface area contributed by atoms with Gasteiger partial charge in [-0.25, -0.2) is 0 Å². The number of ether oxygens (including phenoxy) is 1. The molecule has 0 aromatic rings. The molecule has 3 nitrogen and oxygen atoms in total. The summed E-state index contributed by atoms with van der Waals surface area (Å²) >= 11 is 0. The first-order valence-electron chi connectivity index (χ1n) is 5.59. The first-order valence-corrected chi connectivity index (χ1v) is 5.59. The molecule has 0 radical (unpaired) electrons. The van der Waals surface area contributed by atoms with Gasteiger partial charge in [-0.3, -0.25) is 4.99 Å². The van der Waals surface area contributed by atoms with Crippen LogP contribution in [0.1, 0.15) is 34.1 Å². The van der Waals surface area contributed by atoms with E-state index in [4.69, 9.17) is 10.5 Å². The predicted molar refractivity (Wildman–Crippen MR) is 63.8 cm³/mol. The lowest BCUT2D eigenvalue weighted by Gasteiger charge is -2.28. The maximum absolute atomic E-state index is 5.66. The Morgan fingerprint density at radius 1 is 1.60 bits per heavy atom. The summed E-state index contributed by atoms with van der Waals surface area (Å²) in [4.78, 5) is 4.47. The Balaban J connectivity index is 2.77. The van der Waals surface area contributed by atoms with E-state index < -0.39 is 0 Å². The van der Waals surface area contributed by atoms with Gasteiger partial charge in [-0.2, -0.15) is 0 Å². The molecule has 86 valence electrons. The molecule has 1 aliphatic heterocycles. The van der Waals surface area contributed by atoms with Crippen molar-refractivity contribution >= 4 is 5.90 Å². The summed E-state index contributed by atoms with van der Waals surface area (Å²) in [6.45, 7) is 10.1. The monoisotopic (exact) mass is 210 g/mol. The number of nitrogens with zero attached hydrogens (tertiary/aromatic N) is 1. The third kappa shape index (κ3) is 2.98. The van der Waals surface area contributed by atoms with Crippen molar-refractivity contribution in [2.45, 2.75) is 34.1 Å². The van der Waals surface area contributed by atoms with Crippen molar-refractivity contribution in [3.63, 3.8) is 0 Å². The highest BCUT2D eigenvalue weighted by atomic mass is 16.5. The Morgan fingerprint density at radius 2 is 2.27 bits per heavy atom. The summed E-state index contributed by atoms with van der Waals surface area (Å²) in [7, 11) is 0. The van der Waals surface area contributed by atoms with E-state index in [1.165, 1.54) is 0 Å². The molecule has 0 aromatic carbocycles. The third-order valence-corrected chi connectivity index (χ3v) is 2.73. The van der Waals surface area contributed by atoms with Crippen LogP contribution in [0.25, 0.3) is 0 Å². The Labute approximate surface area is 92.4 Å². The summed E-state index contributed by atoms with van der Waals surface area (Å²) in [5.74, 6) is 1.29. The number of rotatable bonds is 2. The van der Waals surface area contributed by atoms with Crippen molar-refractivity contribution in [1.29, 1.82) is 0 Å². The first kappa shape index (κ1) is 12.1. The van der Waals surface area contributed by atoms with Gasteiger partial charge in [-0.1, -0.05) is 27.7 Å². The normalized spacial score (nSPS) is 23.3. The molecule has 0 saturated carbocycles. The van der Waals surface area contributed by atoms with Gasteiger partial charge in [0, 0.05) is 24.2 Å². The highest BCUT2D eigenvalue weighted by Gasteiger charge is 2.26. The maximum Gasteiger partial charge on any atom is 0.213 e. The number of hydrogen-bond acceptors (Lipinski definition) is 3. The molecule has 3 heteroatoms. The van der Waals surface area contributed by atoms with Gasteiger partial charge in [0.05, 0.1) is 6.61 Å². The molecule has 1 rings (SSSR count). The molecule has 0 bridgehead atoms. The zero-order chi connectivity index (χ0) is 11.5. The van der Waals surface area contributed by atoms with Crippen molar-refractivity contribution in [3.8, 4) is 0 Å². The SMILES string of the molecule is CCC1CN=C(/C(=C\N)C(C)(C)C)OC1. The minimum atomic E-state index is -0.00731. The standard InChI is InChI=1S/C12H22N2O/c1-5-9-7-14-11(15-8-9)10(6-13)12(2,3)4/h6,9H,5,7-8,13H2,1-4H3/b10-6+. The lowest BCUT2D eigenvalue weighted by molar-refractivity contribution is 0.213. The quantitative estimate of drug-likeness (QED) is 0.760. The second-order valence-corrected chi connectivity index (χ2v) is 5.06. The Bertz CT molecular complexity index is 274. The second-order valence-electron chi connectivity index (χ2n) is 5.06. The van der Waals surface area contributed by atoms with Gasteiger partial charge in [-0.15, -0.1) is 0 Å². The van der Waals surface area contributed by atoms with E-state index in [1.807, 2.05) is 0 Å². The molecule has 0 spiro atoms. The largest absolute Gasteiger partial charge is 0.477 e. The van der Waals surface area contributed by atoms with Gasteiger partial charge in [0.25, 0.3) is 0 Å². The summed E-state index contributed by atoms with van der Waals surface area (Å²) in [6, 6.07) is 0. The molecular formula is C12H22N2O. The molecule has 0 aromatic heterocycles. The zero-order valence-corrected chi connectivity index (χ0v) is 10.2. The summed E-state index contributed by atoms with van der Waals surface area (Å²) < 4.78 is 5.66. The lowest BCUT2D eigenvalue weighted by Crippen LogP contribution is -2.29. The van der Waals surface area contributed by atoms with Gasteiger partial charge in [-0.05, 0) is 11.8 Å². The van der Waals surface area contributed by atoms with Gasteiger partial charge in [0.1, 0.15) is 0 Å². The highest BCUT2D eigenvalue weighted by Crippen LogP contribution is 2.27. The molecular weight excluding hydrogens is 188 g/mol. The molecule has 0 amide bonds. The van der Waals surface area contributed by atoms with Crippen molar-refractivity contribution < 1.29 is 4.74 Å². The van der Waals surface area contributed by atoms with Gasteiger partial charge >= 0.3 is 0 Å². The van der Waals surface area contributed by atoms with Crippen molar-refractivity contribution in [3.05, 3.63) is 11.8 Å². The second kappa shape index (κ2) is 4.69. The summed E-state index contributed by atoms with van der Waals surface area (Å²) in [5, 5.41) is 0. The number of aliphatic imine (C=N–C) groups is 1. The van der Waals surface area contributed by atoms with Crippen molar-refractivity contribution in [2.75, 3.05) is 13.2 Å². The number of hydrogen-bond donors (Lipinski definition) is 1. The van der Waals surface area contributed by atoms with Crippen LogP contribution in [0, 0.1) is 11.3 Å². The Kier molecular flexibility index (Phi) is 3.77. The van der Waals surface area contributed by atoms with E-state index in [0.717, 1.165) is 31.0 Å². The Morgan fingerprint density at radius 3 is 2.60 bits per heavy atom. The molecule has 1 unspecified atom stereocenters. The van der Waals surface area contributed by atoms with E-state index in [-0.39, 0.29) is 5.41 Å². The van der Waals surface area contributed by atoms with Crippen LogP contribution >= 0.6 is 0 Å². The van der Waals surface area contributed by atoms with E-state index in [2.05, 4.69) is 32.7 Å². The lowest BCUT2D eigenvalue weighted by atomic mass is 9.86. The molecule has 1 aliphatic rings. The molecule has 1 atom stereocenters. The third-order valence-electron chi connectivity index (χ3n) is 2.73. The molecule has 0 aliphatic carbocycles. The van der Waals surface area contributed by atoms with Crippen molar-refractivity contribution in [1.82, 2.24) is 0 Å². The van der Waals surface area contributed by atoms with Crippen LogP contribution in [0.15, 0.2) is 16.8 Å². The van der Waals surface area contributed by atoms with Gasteiger partial charge in [0.2, 0.25) is 5.90 Å². The fourth-order valence-corrected chi connectivity index (χ4v) is 1.56. The minimum absolute atomic E-state index is 0.00731. The smallest absolute Gasteiger partial charge is 0.213 e. The van der Waals surface area contributed by atoms with Crippen LogP contribution in [-0.2, 0) is 4.74 Å². The van der Waals surface area contributed by atoms with E-state index in [0.29, 0.717) is 5.92 Å². The fraction of sp³-hybridized carbons (Fsp3) is 0.750.